The highest BCUT2D eigenvalue weighted by Gasteiger charge is 2.39. The molecule has 0 aliphatic carbocycles. The molecule has 0 bridgehead atoms. The van der Waals surface area contributed by atoms with Crippen LogP contribution in [0.15, 0.2) is 36.8 Å². The van der Waals surface area contributed by atoms with E-state index in [1.807, 2.05) is 0 Å². The van der Waals surface area contributed by atoms with Gasteiger partial charge in [-0.05, 0) is 31.0 Å². The van der Waals surface area contributed by atoms with E-state index in [-0.39, 0.29) is 30.7 Å². The van der Waals surface area contributed by atoms with Gasteiger partial charge in [0.05, 0.1) is 30.3 Å². The van der Waals surface area contributed by atoms with Gasteiger partial charge in [-0.15, -0.1) is 0 Å². The first-order valence-corrected chi connectivity index (χ1v) is 9.91. The summed E-state index contributed by atoms with van der Waals surface area (Å²) >= 11 is 0. The van der Waals surface area contributed by atoms with Crippen LogP contribution in [0.2, 0.25) is 0 Å². The fraction of sp³-hybridized carbons (Fsp3) is 0.381. The van der Waals surface area contributed by atoms with Crippen LogP contribution in [0.5, 0.6) is 5.75 Å². The van der Waals surface area contributed by atoms with Crippen LogP contribution in [0.3, 0.4) is 0 Å². The number of carbonyl (C=O) groups excluding carboxylic acids is 2. The van der Waals surface area contributed by atoms with Gasteiger partial charge in [0, 0.05) is 25.1 Å². The normalized spacial score (nSPS) is 22.9. The Labute approximate surface area is 178 Å². The summed E-state index contributed by atoms with van der Waals surface area (Å²) in [6.07, 6.45) is 4.52. The van der Waals surface area contributed by atoms with Crippen LogP contribution in [0.1, 0.15) is 40.1 Å². The van der Waals surface area contributed by atoms with Crippen molar-refractivity contribution in [3.05, 3.63) is 48.0 Å². The number of hydrogen-bond donors (Lipinski definition) is 2. The van der Waals surface area contributed by atoms with Crippen molar-refractivity contribution >= 4 is 23.5 Å². The number of ether oxygens (including phenoxy) is 2. The number of benzene rings is 1. The number of fused-ring (bicyclic) bond motifs is 2. The molecule has 3 atom stereocenters. The Morgan fingerprint density at radius 1 is 1.29 bits per heavy atom. The topological polar surface area (TPSA) is 131 Å². The summed E-state index contributed by atoms with van der Waals surface area (Å²) in [7, 11) is 1.70. The van der Waals surface area contributed by atoms with Crippen LogP contribution in [0, 0.1) is 0 Å². The third-order valence-corrected chi connectivity index (χ3v) is 5.47. The van der Waals surface area contributed by atoms with Gasteiger partial charge in [-0.3, -0.25) is 19.4 Å². The number of likely N-dealkylation sites (N-methyl/N-ethyl adjacent to an activating group) is 1. The molecule has 3 heterocycles. The van der Waals surface area contributed by atoms with E-state index in [4.69, 9.17) is 14.6 Å². The maximum atomic E-state index is 13.2. The van der Waals surface area contributed by atoms with Gasteiger partial charge in [0.25, 0.3) is 11.8 Å². The highest BCUT2D eigenvalue weighted by molar-refractivity contribution is 6.04. The lowest BCUT2D eigenvalue weighted by Gasteiger charge is -2.42. The number of aromatic nitrogens is 2. The molecule has 1 fully saturated rings. The van der Waals surface area contributed by atoms with E-state index in [0.29, 0.717) is 29.8 Å². The summed E-state index contributed by atoms with van der Waals surface area (Å²) in [6, 6.07) is 4.59. The van der Waals surface area contributed by atoms with E-state index in [9.17, 15) is 14.4 Å². The monoisotopic (exact) mass is 426 g/mol. The van der Waals surface area contributed by atoms with Crippen molar-refractivity contribution in [2.75, 3.05) is 19.0 Å². The molecule has 2 aliphatic heterocycles. The highest BCUT2D eigenvalue weighted by Crippen LogP contribution is 2.32. The van der Waals surface area contributed by atoms with Crippen LogP contribution in [0.4, 0.5) is 5.69 Å². The van der Waals surface area contributed by atoms with E-state index in [2.05, 4.69) is 15.3 Å². The highest BCUT2D eigenvalue weighted by atomic mass is 16.5. The van der Waals surface area contributed by atoms with Gasteiger partial charge in [-0.2, -0.15) is 0 Å². The Balaban J connectivity index is 1.54. The van der Waals surface area contributed by atoms with Crippen molar-refractivity contribution in [2.45, 2.75) is 37.5 Å². The third kappa shape index (κ3) is 4.48. The lowest BCUT2D eigenvalue weighted by atomic mass is 9.94. The van der Waals surface area contributed by atoms with Crippen molar-refractivity contribution in [1.82, 2.24) is 14.9 Å². The maximum Gasteiger partial charge on any atom is 0.305 e. The first-order valence-electron chi connectivity index (χ1n) is 9.91. The Hall–Kier alpha value is -3.53. The Morgan fingerprint density at radius 3 is 2.87 bits per heavy atom. The number of carbonyl (C=O) groups is 3. The van der Waals surface area contributed by atoms with Gasteiger partial charge in [0.15, 0.2) is 0 Å². The first kappa shape index (κ1) is 20.7. The predicted octanol–water partition coefficient (Wildman–Crippen LogP) is 1.58. The number of carboxylic acids is 1. The molecule has 1 saturated heterocycles. The van der Waals surface area contributed by atoms with E-state index >= 15 is 0 Å². The smallest absolute Gasteiger partial charge is 0.305 e. The SMILES string of the molecule is CN1C(=O)c2cc(NC(=O)c3cnccn3)ccc2OC[C@@H]2O[C@H](CC(=O)O)CC[C@H]21. The van der Waals surface area contributed by atoms with Crippen LogP contribution in [-0.2, 0) is 9.53 Å². The zero-order chi connectivity index (χ0) is 22.0. The number of carboxylic acid groups (broad SMARTS) is 1. The Bertz CT molecular complexity index is 999. The number of aliphatic carboxylic acids is 1. The molecule has 31 heavy (non-hydrogen) atoms. The summed E-state index contributed by atoms with van der Waals surface area (Å²) in [4.78, 5) is 46.0. The van der Waals surface area contributed by atoms with Gasteiger partial charge >= 0.3 is 5.97 Å². The molecule has 10 nitrogen and oxygen atoms in total. The molecule has 2 aliphatic rings. The van der Waals surface area contributed by atoms with Crippen molar-refractivity contribution in [2.24, 2.45) is 0 Å². The molecule has 0 spiro atoms. The molecule has 0 saturated carbocycles. The summed E-state index contributed by atoms with van der Waals surface area (Å²) in [5.74, 6) is -1.25. The van der Waals surface area contributed by atoms with Crippen LogP contribution < -0.4 is 10.1 Å². The van der Waals surface area contributed by atoms with Crippen LogP contribution in [-0.4, -0.2) is 69.7 Å². The molecule has 0 radical (unpaired) electrons. The second kappa shape index (κ2) is 8.68. The molecule has 1 aromatic heterocycles. The number of amides is 2. The van der Waals surface area contributed by atoms with Gasteiger partial charge in [-0.1, -0.05) is 0 Å². The summed E-state index contributed by atoms with van der Waals surface area (Å²) in [5.41, 5.74) is 0.913. The molecule has 1 aromatic carbocycles. The third-order valence-electron chi connectivity index (χ3n) is 5.47. The Kier molecular flexibility index (Phi) is 5.81. The fourth-order valence-corrected chi connectivity index (χ4v) is 3.91. The molecule has 2 amide bonds. The number of hydrogen-bond acceptors (Lipinski definition) is 7. The minimum atomic E-state index is -0.916. The second-order valence-electron chi connectivity index (χ2n) is 7.52. The quantitative estimate of drug-likeness (QED) is 0.754. The molecule has 0 unspecified atom stereocenters. The average Bonchev–Trinajstić information content (AvgIpc) is 2.77. The largest absolute Gasteiger partial charge is 0.490 e. The van der Waals surface area contributed by atoms with Gasteiger partial charge in [0.1, 0.15) is 24.2 Å². The second-order valence-corrected chi connectivity index (χ2v) is 7.52. The molecular weight excluding hydrogens is 404 g/mol. The number of rotatable bonds is 4. The standard InChI is InChI=1S/C21H22N4O6/c1-25-16-4-3-13(9-19(26)27)31-18(16)11-30-17-5-2-12(8-14(17)21(25)29)24-20(28)15-10-22-6-7-23-15/h2,5-8,10,13,16,18H,3-4,9,11H2,1H3,(H,24,28)(H,26,27)/t13-,16+,18-/m0/s1. The van der Waals surface area contributed by atoms with Crippen LogP contribution in [0.25, 0.3) is 0 Å². The molecule has 2 aromatic rings. The zero-order valence-corrected chi connectivity index (χ0v) is 16.9. The lowest BCUT2D eigenvalue weighted by Crippen LogP contribution is -2.53. The molecule has 4 rings (SSSR count). The number of nitrogens with one attached hydrogen (secondary N) is 1. The summed E-state index contributed by atoms with van der Waals surface area (Å²) in [5, 5.41) is 11.7. The lowest BCUT2D eigenvalue weighted by molar-refractivity contribution is -0.148. The van der Waals surface area contributed by atoms with E-state index in [0.717, 1.165) is 0 Å². The zero-order valence-electron chi connectivity index (χ0n) is 16.9. The number of anilines is 1. The maximum absolute atomic E-state index is 13.2. The van der Waals surface area contributed by atoms with E-state index in [1.54, 1.807) is 30.1 Å². The molecule has 162 valence electrons. The molecule has 2 N–H and O–H groups in total. The van der Waals surface area contributed by atoms with Crippen molar-refractivity contribution in [3.63, 3.8) is 0 Å². The predicted molar refractivity (Wildman–Crippen MR) is 108 cm³/mol. The van der Waals surface area contributed by atoms with Crippen molar-refractivity contribution < 1.29 is 29.0 Å². The minimum absolute atomic E-state index is 0.0771. The summed E-state index contributed by atoms with van der Waals surface area (Å²) in [6.45, 7) is 0.191. The average molecular weight is 426 g/mol. The first-order chi connectivity index (χ1) is 14.9. The summed E-state index contributed by atoms with van der Waals surface area (Å²) < 4.78 is 11.8. The number of nitrogens with zero attached hydrogens (tertiary/aromatic N) is 3. The van der Waals surface area contributed by atoms with Gasteiger partial charge < -0.3 is 24.8 Å². The molecular formula is C21H22N4O6. The fourth-order valence-electron chi connectivity index (χ4n) is 3.91. The Morgan fingerprint density at radius 2 is 2.13 bits per heavy atom. The van der Waals surface area contributed by atoms with Gasteiger partial charge in [-0.25, -0.2) is 4.98 Å². The van der Waals surface area contributed by atoms with Crippen LogP contribution >= 0.6 is 0 Å². The van der Waals surface area contributed by atoms with Crippen molar-refractivity contribution in [1.29, 1.82) is 0 Å². The molecule has 10 heteroatoms. The van der Waals surface area contributed by atoms with Gasteiger partial charge in [0.2, 0.25) is 0 Å². The van der Waals surface area contributed by atoms with E-state index < -0.39 is 24.1 Å². The minimum Gasteiger partial charge on any atom is -0.490 e. The van der Waals surface area contributed by atoms with E-state index in [1.165, 1.54) is 18.6 Å². The van der Waals surface area contributed by atoms with Crippen molar-refractivity contribution in [3.8, 4) is 5.75 Å².